The number of aryl methyl sites for hydroxylation is 1. The molecule has 0 spiro atoms. The maximum atomic E-state index is 13.3. The Kier molecular flexibility index (Phi) is 8.34. The lowest BCUT2D eigenvalue weighted by Crippen LogP contribution is -2.40. The molecule has 9 heteroatoms. The highest BCUT2D eigenvalue weighted by Crippen LogP contribution is 2.25. The van der Waals surface area contributed by atoms with Crippen LogP contribution in [-0.4, -0.2) is 53.6 Å². The molecule has 0 N–H and O–H groups in total. The first-order chi connectivity index (χ1) is 17.6. The third-order valence-corrected chi connectivity index (χ3v) is 8.77. The number of nitrogens with zero attached hydrogens (tertiary/aromatic N) is 4. The molecule has 1 aliphatic heterocycles. The Balaban J connectivity index is 1.40. The number of hydrogen-bond acceptors (Lipinski definition) is 6. The Morgan fingerprint density at radius 3 is 2.43 bits per heavy atom. The van der Waals surface area contributed by atoms with Gasteiger partial charge in [-0.25, -0.2) is 22.8 Å². The summed E-state index contributed by atoms with van der Waals surface area (Å²) in [6, 6.07) is 12.6. The Labute approximate surface area is 218 Å². The van der Waals surface area contributed by atoms with E-state index in [2.05, 4.69) is 21.8 Å². The van der Waals surface area contributed by atoms with Gasteiger partial charge in [-0.3, -0.25) is 4.79 Å². The molecule has 2 heterocycles. The zero-order valence-corrected chi connectivity index (χ0v) is 22.3. The molecule has 1 saturated heterocycles. The third-order valence-electron chi connectivity index (χ3n) is 6.73. The first-order valence-corrected chi connectivity index (χ1v) is 14.1. The summed E-state index contributed by atoms with van der Waals surface area (Å²) in [5, 5.41) is 0. The highest BCUT2D eigenvalue weighted by Gasteiger charge is 2.29. The lowest BCUT2D eigenvalue weighted by molar-refractivity contribution is -0.119. The zero-order chi connectivity index (χ0) is 26.6. The summed E-state index contributed by atoms with van der Waals surface area (Å²) in [6.45, 7) is 6.36. The van der Waals surface area contributed by atoms with Gasteiger partial charge in [-0.1, -0.05) is 24.3 Å². The maximum absolute atomic E-state index is 13.3. The Hall–Kier alpha value is -3.17. The van der Waals surface area contributed by atoms with Crippen LogP contribution in [-0.2, 0) is 21.2 Å². The quantitative estimate of drug-likeness (QED) is 0.376. The molecule has 3 aromatic rings. The molecule has 0 aliphatic carbocycles. The minimum absolute atomic E-state index is 0.0319. The number of aromatic nitrogens is 2. The molecule has 7 nitrogen and oxygen atoms in total. The maximum Gasteiger partial charge on any atom is 0.243 e. The van der Waals surface area contributed by atoms with Crippen molar-refractivity contribution in [2.45, 2.75) is 63.4 Å². The van der Waals surface area contributed by atoms with Crippen LogP contribution in [0.5, 0.6) is 0 Å². The van der Waals surface area contributed by atoms with Crippen LogP contribution in [0.15, 0.2) is 65.8 Å². The van der Waals surface area contributed by atoms with Gasteiger partial charge in [0.1, 0.15) is 11.6 Å². The van der Waals surface area contributed by atoms with Gasteiger partial charge < -0.3 is 4.90 Å². The van der Waals surface area contributed by atoms with Gasteiger partial charge in [0.15, 0.2) is 0 Å². The second-order valence-electron chi connectivity index (χ2n) is 9.79. The monoisotopic (exact) mass is 524 g/mol. The SMILES string of the molecule is CC1CCCN1c1ncc(-c2cccc(CCC(=O)CN(C(C)C)S(=O)(=O)c3ccc(F)cc3)c2)cn1. The Morgan fingerprint density at radius 1 is 1.11 bits per heavy atom. The number of ketones is 1. The summed E-state index contributed by atoms with van der Waals surface area (Å²) in [6.07, 6.45) is 6.66. The summed E-state index contributed by atoms with van der Waals surface area (Å²) in [4.78, 5) is 24.2. The van der Waals surface area contributed by atoms with Gasteiger partial charge in [-0.2, -0.15) is 4.31 Å². The number of sulfonamides is 1. The van der Waals surface area contributed by atoms with Crippen molar-refractivity contribution in [2.75, 3.05) is 18.0 Å². The van der Waals surface area contributed by atoms with Crippen molar-refractivity contribution in [3.8, 4) is 11.1 Å². The number of carbonyl (C=O) groups excluding carboxylic acids is 1. The van der Waals surface area contributed by atoms with E-state index in [0.717, 1.165) is 54.2 Å². The predicted molar refractivity (Wildman–Crippen MR) is 142 cm³/mol. The predicted octanol–water partition coefficient (Wildman–Crippen LogP) is 4.87. The third kappa shape index (κ3) is 6.40. The summed E-state index contributed by atoms with van der Waals surface area (Å²) in [5.41, 5.74) is 2.84. The molecule has 196 valence electrons. The molecule has 1 fully saturated rings. The van der Waals surface area contributed by atoms with E-state index in [4.69, 9.17) is 0 Å². The fraction of sp³-hybridized carbons (Fsp3) is 0.393. The van der Waals surface area contributed by atoms with Gasteiger partial charge in [0.25, 0.3) is 0 Å². The van der Waals surface area contributed by atoms with Crippen LogP contribution >= 0.6 is 0 Å². The second kappa shape index (κ2) is 11.5. The van der Waals surface area contributed by atoms with Crippen LogP contribution in [0.3, 0.4) is 0 Å². The number of rotatable bonds is 10. The average molecular weight is 525 g/mol. The van der Waals surface area contributed by atoms with Crippen molar-refractivity contribution < 1.29 is 17.6 Å². The number of benzene rings is 2. The van der Waals surface area contributed by atoms with Crippen LogP contribution in [0.2, 0.25) is 0 Å². The van der Waals surface area contributed by atoms with E-state index in [1.165, 1.54) is 16.4 Å². The van der Waals surface area contributed by atoms with Crippen LogP contribution < -0.4 is 4.90 Å². The van der Waals surface area contributed by atoms with Gasteiger partial charge in [0.2, 0.25) is 16.0 Å². The first-order valence-electron chi connectivity index (χ1n) is 12.6. The topological polar surface area (TPSA) is 83.5 Å². The summed E-state index contributed by atoms with van der Waals surface area (Å²) in [5.74, 6) is 0.0510. The summed E-state index contributed by atoms with van der Waals surface area (Å²) in [7, 11) is -3.92. The van der Waals surface area contributed by atoms with Crippen molar-refractivity contribution in [1.29, 1.82) is 0 Å². The van der Waals surface area contributed by atoms with Gasteiger partial charge in [-0.05, 0) is 75.4 Å². The zero-order valence-electron chi connectivity index (χ0n) is 21.5. The van der Waals surface area contributed by atoms with Crippen LogP contribution in [0.4, 0.5) is 10.3 Å². The van der Waals surface area contributed by atoms with Crippen molar-refractivity contribution in [1.82, 2.24) is 14.3 Å². The van der Waals surface area contributed by atoms with Crippen molar-refractivity contribution in [2.24, 2.45) is 0 Å². The van der Waals surface area contributed by atoms with Crippen LogP contribution in [0, 0.1) is 5.82 Å². The standard InChI is InChI=1S/C28H33FN4O3S/c1-20(2)33(37(35,36)27-13-10-25(29)11-14-27)19-26(34)12-9-22-7-4-8-23(16-22)24-17-30-28(31-18-24)32-15-5-6-21(32)3/h4,7-8,10-11,13-14,16-18,20-21H,5-6,9,12,15,19H2,1-3H3. The first kappa shape index (κ1) is 26.9. The smallest absolute Gasteiger partial charge is 0.243 e. The minimum Gasteiger partial charge on any atom is -0.338 e. The molecular formula is C28H33FN4O3S. The van der Waals surface area contributed by atoms with E-state index in [9.17, 15) is 17.6 Å². The highest BCUT2D eigenvalue weighted by atomic mass is 32.2. The van der Waals surface area contributed by atoms with E-state index >= 15 is 0 Å². The number of hydrogen-bond donors (Lipinski definition) is 0. The Morgan fingerprint density at radius 2 is 1.81 bits per heavy atom. The lowest BCUT2D eigenvalue weighted by atomic mass is 10.0. The largest absolute Gasteiger partial charge is 0.338 e. The molecule has 37 heavy (non-hydrogen) atoms. The fourth-order valence-electron chi connectivity index (χ4n) is 4.58. The number of halogens is 1. The van der Waals surface area contributed by atoms with Crippen LogP contribution in [0.25, 0.3) is 11.1 Å². The number of carbonyl (C=O) groups is 1. The molecule has 0 saturated carbocycles. The van der Waals surface area contributed by atoms with E-state index in [0.29, 0.717) is 12.5 Å². The molecule has 2 aromatic carbocycles. The molecule has 1 atom stereocenters. The molecule has 4 rings (SSSR count). The molecular weight excluding hydrogens is 491 g/mol. The fourth-order valence-corrected chi connectivity index (χ4v) is 6.20. The summed E-state index contributed by atoms with van der Waals surface area (Å²) >= 11 is 0. The van der Waals surface area contributed by atoms with E-state index in [1.54, 1.807) is 13.8 Å². The Bertz CT molecular complexity index is 1330. The van der Waals surface area contributed by atoms with E-state index in [1.807, 2.05) is 36.7 Å². The normalized spacial score (nSPS) is 16.1. The van der Waals surface area contributed by atoms with E-state index < -0.39 is 21.9 Å². The molecule has 0 radical (unpaired) electrons. The molecule has 1 aliphatic rings. The molecule has 1 unspecified atom stereocenters. The number of Topliss-reactive ketones (excluding diaryl/α,β-unsaturated/α-hetero) is 1. The van der Waals surface area contributed by atoms with Crippen LogP contribution in [0.1, 0.15) is 45.6 Å². The molecule has 1 aromatic heterocycles. The highest BCUT2D eigenvalue weighted by molar-refractivity contribution is 7.89. The van der Waals surface area contributed by atoms with Crippen molar-refractivity contribution in [3.05, 3.63) is 72.3 Å². The van der Waals surface area contributed by atoms with Gasteiger partial charge >= 0.3 is 0 Å². The lowest BCUT2D eigenvalue weighted by Gasteiger charge is -2.25. The molecule has 0 amide bonds. The summed E-state index contributed by atoms with van der Waals surface area (Å²) < 4.78 is 40.6. The van der Waals surface area contributed by atoms with Crippen molar-refractivity contribution >= 4 is 21.8 Å². The molecule has 0 bridgehead atoms. The van der Waals surface area contributed by atoms with Gasteiger partial charge in [0, 0.05) is 43.0 Å². The van der Waals surface area contributed by atoms with E-state index in [-0.39, 0.29) is 23.6 Å². The van der Waals surface area contributed by atoms with Crippen molar-refractivity contribution in [3.63, 3.8) is 0 Å². The van der Waals surface area contributed by atoms with Gasteiger partial charge in [0.05, 0.1) is 11.4 Å². The second-order valence-corrected chi connectivity index (χ2v) is 11.7. The van der Waals surface area contributed by atoms with Gasteiger partial charge in [-0.15, -0.1) is 0 Å². The minimum atomic E-state index is -3.92. The number of anilines is 1. The average Bonchev–Trinajstić information content (AvgIpc) is 3.32.